The zero-order valence-corrected chi connectivity index (χ0v) is 33.7. The van der Waals surface area contributed by atoms with Crippen molar-refractivity contribution in [1.82, 2.24) is 5.32 Å². The lowest BCUT2D eigenvalue weighted by molar-refractivity contribution is 0.705. The third-order valence-corrected chi connectivity index (χ3v) is 8.06. The van der Waals surface area contributed by atoms with Crippen molar-refractivity contribution in [2.75, 3.05) is 17.3 Å². The summed E-state index contributed by atoms with van der Waals surface area (Å²) in [5.74, 6) is 0. The van der Waals surface area contributed by atoms with Gasteiger partial charge >= 0.3 is 0 Å². The maximum Gasteiger partial charge on any atom is 0.103 e. The Morgan fingerprint density at radius 3 is 1.82 bits per heavy atom. The molecule has 0 aliphatic rings. The normalized spacial score (nSPS) is 10.9. The van der Waals surface area contributed by atoms with E-state index in [0.29, 0.717) is 0 Å². The molecule has 4 N–H and O–H groups in total. The highest BCUT2D eigenvalue weighted by molar-refractivity contribution is 5.67. The number of nitrogens with two attached hydrogens (primary N) is 1. The second-order valence-electron chi connectivity index (χ2n) is 12.0. The van der Waals surface area contributed by atoms with Crippen LogP contribution in [0.5, 0.6) is 0 Å². The Balaban J connectivity index is 0.000000423. The van der Waals surface area contributed by atoms with Crippen LogP contribution >= 0.6 is 0 Å². The lowest BCUT2D eigenvalue weighted by Gasteiger charge is -2.27. The SMILES string of the molecule is C=C(/C=C\C=C/Nc1ccc(-c2cccc(C(N)N(C)c3ccccc3)c2)cc1)N/C=C\C=C/C.C=CC=C.C=CCc1ccc(-c2ccccc2)cc1.CC. The van der Waals surface area contributed by atoms with E-state index in [2.05, 4.69) is 151 Å². The first kappa shape index (κ1) is 45.5. The van der Waals surface area contributed by atoms with Gasteiger partial charge < -0.3 is 21.3 Å². The van der Waals surface area contributed by atoms with Crippen LogP contribution in [0.15, 0.2) is 233 Å². The van der Waals surface area contributed by atoms with Crippen molar-refractivity contribution in [2.24, 2.45) is 5.73 Å². The largest absolute Gasteiger partial charge is 0.362 e. The Kier molecular flexibility index (Phi) is 22.7. The highest BCUT2D eigenvalue weighted by Gasteiger charge is 2.13. The molecular weight excluding hydrogens is 681 g/mol. The summed E-state index contributed by atoms with van der Waals surface area (Å²) in [6, 6.07) is 46.0. The van der Waals surface area contributed by atoms with E-state index in [0.717, 1.165) is 40.2 Å². The lowest BCUT2D eigenvalue weighted by Crippen LogP contribution is -2.30. The number of hydrogen-bond donors (Lipinski definition) is 3. The van der Waals surface area contributed by atoms with Crippen LogP contribution in [0.3, 0.4) is 0 Å². The molecule has 5 aromatic rings. The van der Waals surface area contributed by atoms with E-state index in [9.17, 15) is 0 Å². The highest BCUT2D eigenvalue weighted by Crippen LogP contribution is 2.27. The average molecular weight is 741 g/mol. The van der Waals surface area contributed by atoms with Crippen LogP contribution in [-0.2, 0) is 6.42 Å². The van der Waals surface area contributed by atoms with Gasteiger partial charge in [-0.3, -0.25) is 0 Å². The summed E-state index contributed by atoms with van der Waals surface area (Å²) in [4.78, 5) is 2.08. The van der Waals surface area contributed by atoms with E-state index < -0.39 is 0 Å². The minimum Gasteiger partial charge on any atom is -0.362 e. The van der Waals surface area contributed by atoms with Gasteiger partial charge in [0.25, 0.3) is 0 Å². The Morgan fingerprint density at radius 2 is 1.21 bits per heavy atom. The van der Waals surface area contributed by atoms with Crippen molar-refractivity contribution in [3.8, 4) is 22.3 Å². The third kappa shape index (κ3) is 17.0. The molecule has 0 fully saturated rings. The van der Waals surface area contributed by atoms with E-state index in [1.54, 1.807) is 12.2 Å². The lowest BCUT2D eigenvalue weighted by atomic mass is 10.0. The fourth-order valence-corrected chi connectivity index (χ4v) is 5.08. The van der Waals surface area contributed by atoms with Crippen LogP contribution in [0.2, 0.25) is 0 Å². The summed E-state index contributed by atoms with van der Waals surface area (Å²) in [5, 5.41) is 6.38. The predicted molar refractivity (Wildman–Crippen MR) is 249 cm³/mol. The molecule has 0 aliphatic carbocycles. The van der Waals surface area contributed by atoms with E-state index in [-0.39, 0.29) is 6.17 Å². The molecule has 0 saturated carbocycles. The topological polar surface area (TPSA) is 53.3 Å². The number of allylic oxidation sites excluding steroid dienone is 9. The number of rotatable bonds is 15. The molecule has 0 aliphatic heterocycles. The van der Waals surface area contributed by atoms with Crippen LogP contribution in [-0.4, -0.2) is 7.05 Å². The molecule has 4 heteroatoms. The predicted octanol–water partition coefficient (Wildman–Crippen LogP) is 13.6. The molecule has 0 saturated heterocycles. The fourth-order valence-electron chi connectivity index (χ4n) is 5.08. The molecule has 0 radical (unpaired) electrons. The minimum absolute atomic E-state index is 0.230. The maximum absolute atomic E-state index is 6.56. The Hall–Kier alpha value is -6.62. The molecule has 5 rings (SSSR count). The molecule has 4 nitrogen and oxygen atoms in total. The summed E-state index contributed by atoms with van der Waals surface area (Å²) < 4.78 is 0. The molecule has 1 unspecified atom stereocenters. The first-order valence-electron chi connectivity index (χ1n) is 19.0. The average Bonchev–Trinajstić information content (AvgIpc) is 3.27. The van der Waals surface area contributed by atoms with Gasteiger partial charge in [-0.25, -0.2) is 0 Å². The van der Waals surface area contributed by atoms with Gasteiger partial charge in [0.2, 0.25) is 0 Å². The standard InChI is InChI=1S/C31H34N4.C15H14.C4H6.C2H6/c1-4-5-10-22-33-25(2)13-9-11-23-34-29-20-18-26(19-21-29)27-14-12-15-28(24-27)31(32)35(3)30-16-7-6-8-17-30;1-2-6-13-9-11-15(12-10-13)14-7-4-3-5-8-14;1-3-4-2;1-2/h4-24,31,33-34H,2,32H2,1,3H3;2-5,7-12H,1,6H2;3-4H,1-2H2;1-2H3/b5-4-,13-9-,22-10-,23-11-;;;. The molecule has 0 bridgehead atoms. The minimum atomic E-state index is -0.230. The van der Waals surface area contributed by atoms with Crippen molar-refractivity contribution >= 4 is 11.4 Å². The first-order chi connectivity index (χ1) is 27.4. The van der Waals surface area contributed by atoms with E-state index >= 15 is 0 Å². The van der Waals surface area contributed by atoms with Gasteiger partial charge in [-0.1, -0.05) is 173 Å². The summed E-state index contributed by atoms with van der Waals surface area (Å²) in [6.07, 6.45) is 21.3. The molecule has 1 atom stereocenters. The monoisotopic (exact) mass is 740 g/mol. The third-order valence-electron chi connectivity index (χ3n) is 8.06. The fraction of sp³-hybridized carbons (Fsp3) is 0.115. The van der Waals surface area contributed by atoms with Crippen LogP contribution in [0.25, 0.3) is 22.3 Å². The van der Waals surface area contributed by atoms with E-state index in [4.69, 9.17) is 5.73 Å². The number of nitrogens with one attached hydrogen (secondary N) is 2. The zero-order chi connectivity index (χ0) is 40.8. The molecule has 56 heavy (non-hydrogen) atoms. The summed E-state index contributed by atoms with van der Waals surface area (Å²) in [5.41, 5.74) is 16.7. The maximum atomic E-state index is 6.56. The molecule has 0 amide bonds. The molecule has 0 spiro atoms. The first-order valence-corrected chi connectivity index (χ1v) is 19.0. The number of hydrogen-bond acceptors (Lipinski definition) is 4. The molecule has 288 valence electrons. The number of anilines is 2. The quantitative estimate of drug-likeness (QED) is 0.0568. The second kappa shape index (κ2) is 27.9. The summed E-state index contributed by atoms with van der Waals surface area (Å²) in [6.45, 7) is 20.4. The van der Waals surface area contributed by atoms with Crippen LogP contribution in [0.4, 0.5) is 11.4 Å². The summed E-state index contributed by atoms with van der Waals surface area (Å²) >= 11 is 0. The Bertz CT molecular complexity index is 1960. The van der Waals surface area contributed by atoms with E-state index in [1.165, 1.54) is 16.7 Å². The second-order valence-corrected chi connectivity index (χ2v) is 12.0. The van der Waals surface area contributed by atoms with Crippen molar-refractivity contribution in [1.29, 1.82) is 0 Å². The van der Waals surface area contributed by atoms with Crippen molar-refractivity contribution in [3.63, 3.8) is 0 Å². The van der Waals surface area contributed by atoms with Gasteiger partial charge in [-0.15, -0.1) is 6.58 Å². The van der Waals surface area contributed by atoms with Crippen molar-refractivity contribution in [3.05, 3.63) is 244 Å². The van der Waals surface area contributed by atoms with Gasteiger partial charge in [0, 0.05) is 36.5 Å². The van der Waals surface area contributed by atoms with Crippen LogP contribution in [0, 0.1) is 0 Å². The van der Waals surface area contributed by atoms with Crippen LogP contribution < -0.4 is 21.3 Å². The number of nitrogens with zero attached hydrogens (tertiary/aromatic N) is 1. The molecular formula is C52H60N4. The van der Waals surface area contributed by atoms with Gasteiger partial charge in [-0.05, 0) is 95.3 Å². The highest BCUT2D eigenvalue weighted by atomic mass is 15.2. The Morgan fingerprint density at radius 1 is 0.661 bits per heavy atom. The van der Waals surface area contributed by atoms with Crippen molar-refractivity contribution < 1.29 is 0 Å². The van der Waals surface area contributed by atoms with Crippen LogP contribution in [0.1, 0.15) is 38.1 Å². The van der Waals surface area contributed by atoms with Gasteiger partial charge in [0.15, 0.2) is 0 Å². The van der Waals surface area contributed by atoms with E-state index in [1.807, 2.05) is 107 Å². The Labute approximate surface area is 337 Å². The molecule has 5 aromatic carbocycles. The number of para-hydroxylation sites is 1. The van der Waals surface area contributed by atoms with Gasteiger partial charge in [-0.2, -0.15) is 0 Å². The van der Waals surface area contributed by atoms with Gasteiger partial charge in [0.05, 0.1) is 0 Å². The van der Waals surface area contributed by atoms with Crippen molar-refractivity contribution in [2.45, 2.75) is 33.4 Å². The zero-order valence-electron chi connectivity index (χ0n) is 33.7. The summed E-state index contributed by atoms with van der Waals surface area (Å²) in [7, 11) is 2.02. The molecule has 0 heterocycles. The smallest absolute Gasteiger partial charge is 0.103 e. The molecule has 0 aromatic heterocycles. The number of benzene rings is 5. The van der Waals surface area contributed by atoms with Gasteiger partial charge in [0.1, 0.15) is 6.17 Å².